The van der Waals surface area contributed by atoms with Gasteiger partial charge in [0.05, 0.1) is 5.52 Å². The van der Waals surface area contributed by atoms with E-state index >= 15 is 0 Å². The lowest BCUT2D eigenvalue weighted by Crippen LogP contribution is -2.16. The van der Waals surface area contributed by atoms with Crippen LogP contribution >= 0.6 is 0 Å². The van der Waals surface area contributed by atoms with Gasteiger partial charge in [0.15, 0.2) is 0 Å². The Bertz CT molecular complexity index is 496. The molecule has 0 spiro atoms. The minimum absolute atomic E-state index is 0. The Hall–Kier alpha value is -1.72. The second-order valence-electron chi connectivity index (χ2n) is 3.08. The van der Waals surface area contributed by atoms with Crippen molar-refractivity contribution in [3.63, 3.8) is 0 Å². The Morgan fingerprint density at radius 1 is 1.29 bits per heavy atom. The first-order valence-electron chi connectivity index (χ1n) is 5.16. The quantitative estimate of drug-likeness (QED) is 0.826. The van der Waals surface area contributed by atoms with E-state index in [-0.39, 0.29) is 7.18 Å². The van der Waals surface area contributed by atoms with Crippen molar-refractivity contribution in [1.82, 2.24) is 10.2 Å². The van der Waals surface area contributed by atoms with Crippen molar-refractivity contribution in [2.75, 3.05) is 0 Å². The van der Waals surface area contributed by atoms with Crippen molar-refractivity contribution in [3.05, 3.63) is 23.9 Å². The molecule has 6 heteroatoms. The molecule has 2 rings (SSSR count). The zero-order chi connectivity index (χ0) is 13.1. The monoisotopic (exact) mass is 248 g/mol. The van der Waals surface area contributed by atoms with Gasteiger partial charge < -0.3 is 4.74 Å². The van der Waals surface area contributed by atoms with Crippen LogP contribution in [-0.2, 0) is 0 Å². The van der Waals surface area contributed by atoms with Crippen LogP contribution in [0.2, 0.25) is 0 Å². The molecule has 1 heterocycles. The van der Waals surface area contributed by atoms with E-state index < -0.39 is 6.36 Å². The lowest BCUT2D eigenvalue weighted by atomic mass is 10.2. The molecule has 2 aromatic rings. The maximum Gasteiger partial charge on any atom is 0.573 e. The van der Waals surface area contributed by atoms with Gasteiger partial charge in [-0.05, 0) is 25.1 Å². The fraction of sp³-hybridized carbons (Fsp3) is 0.364. The van der Waals surface area contributed by atoms with Gasteiger partial charge in [-0.3, -0.25) is 5.10 Å². The van der Waals surface area contributed by atoms with Crippen molar-refractivity contribution in [1.29, 1.82) is 0 Å². The Morgan fingerprint density at radius 3 is 2.53 bits per heavy atom. The smallest absolute Gasteiger partial charge is 0.406 e. The third kappa shape index (κ3) is 3.37. The van der Waals surface area contributed by atoms with Crippen LogP contribution in [0, 0.1) is 6.92 Å². The molecule has 1 aromatic carbocycles. The molecule has 96 valence electrons. The summed E-state index contributed by atoms with van der Waals surface area (Å²) in [5, 5.41) is 7.20. The number of rotatable bonds is 1. The maximum atomic E-state index is 11.9. The second kappa shape index (κ2) is 5.07. The van der Waals surface area contributed by atoms with E-state index in [0.29, 0.717) is 16.6 Å². The second-order valence-corrected chi connectivity index (χ2v) is 3.08. The molecule has 0 amide bonds. The highest BCUT2D eigenvalue weighted by atomic mass is 19.4. The number of aromatic nitrogens is 2. The Balaban J connectivity index is 0.000000917. The highest BCUT2D eigenvalue weighted by Gasteiger charge is 2.31. The number of fused-ring (bicyclic) bond motifs is 1. The summed E-state index contributed by atoms with van der Waals surface area (Å²) in [6, 6.07) is 4.01. The number of alkyl halides is 3. The Morgan fingerprint density at radius 2 is 1.94 bits per heavy atom. The lowest BCUT2D eigenvalue weighted by molar-refractivity contribution is -0.274. The molecule has 3 nitrogen and oxygen atoms in total. The third-order valence-electron chi connectivity index (χ3n) is 1.95. The molecular formula is C11H15F3N2O. The Kier molecular flexibility index (Phi) is 3.98. The van der Waals surface area contributed by atoms with Gasteiger partial charge >= 0.3 is 6.36 Å². The summed E-state index contributed by atoms with van der Waals surface area (Å²) in [7, 11) is 0. The van der Waals surface area contributed by atoms with Crippen LogP contribution in [0.5, 0.6) is 5.75 Å². The van der Waals surface area contributed by atoms with Crippen molar-refractivity contribution < 1.29 is 19.3 Å². The van der Waals surface area contributed by atoms with Gasteiger partial charge in [0, 0.05) is 12.5 Å². The number of nitrogens with zero attached hydrogens (tertiary/aromatic N) is 1. The first-order valence-corrected chi connectivity index (χ1v) is 5.16. The molecular weight excluding hydrogens is 233 g/mol. The van der Waals surface area contributed by atoms with Gasteiger partial charge in [0.2, 0.25) is 0 Å². The number of aryl methyl sites for hydroxylation is 1. The molecule has 0 unspecified atom stereocenters. The van der Waals surface area contributed by atoms with Crippen LogP contribution in [0.15, 0.2) is 18.2 Å². The zero-order valence-electron chi connectivity index (χ0n) is 9.72. The number of aromatic amines is 1. The molecule has 0 fully saturated rings. The molecule has 0 radical (unpaired) electrons. The summed E-state index contributed by atoms with van der Waals surface area (Å²) < 4.78 is 39.6. The van der Waals surface area contributed by atoms with Gasteiger partial charge in [-0.1, -0.05) is 13.8 Å². The van der Waals surface area contributed by atoms with Gasteiger partial charge in [-0.25, -0.2) is 0 Å². The number of hydrogen-bond acceptors (Lipinski definition) is 2. The van der Waals surface area contributed by atoms with Crippen molar-refractivity contribution in [2.45, 2.75) is 27.1 Å². The minimum atomic E-state index is -4.66. The van der Waals surface area contributed by atoms with Crippen LogP contribution in [0.3, 0.4) is 0 Å². The largest absolute Gasteiger partial charge is 0.573 e. The van der Waals surface area contributed by atoms with Crippen LogP contribution in [0.4, 0.5) is 13.2 Å². The summed E-state index contributed by atoms with van der Waals surface area (Å²) in [6.07, 6.45) is -4.66. The van der Waals surface area contributed by atoms with Gasteiger partial charge in [0.25, 0.3) is 0 Å². The van der Waals surface area contributed by atoms with Gasteiger partial charge in [-0.2, -0.15) is 5.10 Å². The molecule has 0 aliphatic rings. The van der Waals surface area contributed by atoms with E-state index in [4.69, 9.17) is 0 Å². The van der Waals surface area contributed by atoms with E-state index in [0.717, 1.165) is 0 Å². The van der Waals surface area contributed by atoms with Gasteiger partial charge in [-0.15, -0.1) is 13.2 Å². The number of H-pyrrole nitrogens is 1. The fourth-order valence-corrected chi connectivity index (χ4v) is 1.31. The van der Waals surface area contributed by atoms with E-state index in [9.17, 15) is 13.2 Å². The molecule has 0 atom stereocenters. The molecule has 17 heavy (non-hydrogen) atoms. The number of benzene rings is 1. The molecule has 0 aliphatic heterocycles. The predicted octanol–water partition coefficient (Wildman–Crippen LogP) is 4.04. The molecule has 0 saturated heterocycles. The maximum absolute atomic E-state index is 11.9. The molecule has 1 aromatic heterocycles. The predicted molar refractivity (Wildman–Crippen MR) is 61.0 cm³/mol. The van der Waals surface area contributed by atoms with Crippen LogP contribution in [-0.4, -0.2) is 16.6 Å². The van der Waals surface area contributed by atoms with E-state index in [1.165, 1.54) is 18.2 Å². The van der Waals surface area contributed by atoms with Crippen LogP contribution < -0.4 is 4.74 Å². The third-order valence-corrected chi connectivity index (χ3v) is 1.95. The highest BCUT2D eigenvalue weighted by molar-refractivity contribution is 5.82. The highest BCUT2D eigenvalue weighted by Crippen LogP contribution is 2.26. The first-order chi connectivity index (χ1) is 7.96. The summed E-state index contributed by atoms with van der Waals surface area (Å²) >= 11 is 0. The molecule has 0 saturated carbocycles. The molecule has 1 N–H and O–H groups in total. The molecule has 0 aliphatic carbocycles. The standard InChI is InChI=1S/C9H7F3N2O.C2H6.H2/c1-5-7-4-6(15-9(10,11)12)2-3-8(7)14-13-5;1-2;/h2-4H,1H3,(H,13,14);1-2H3;1H. The summed E-state index contributed by atoms with van der Waals surface area (Å²) in [4.78, 5) is 0. The zero-order valence-corrected chi connectivity index (χ0v) is 9.72. The SMILES string of the molecule is CC.Cc1[nH]nc2ccc(OC(F)(F)F)cc12.[HH]. The van der Waals surface area contributed by atoms with E-state index in [1.807, 2.05) is 13.8 Å². The topological polar surface area (TPSA) is 37.9 Å². The number of halogens is 3. The fourth-order valence-electron chi connectivity index (χ4n) is 1.31. The number of hydrogen-bond donors (Lipinski definition) is 1. The first kappa shape index (κ1) is 13.3. The van der Waals surface area contributed by atoms with Gasteiger partial charge in [0.1, 0.15) is 5.75 Å². The van der Waals surface area contributed by atoms with E-state index in [1.54, 1.807) is 6.92 Å². The normalized spacial score (nSPS) is 10.9. The molecule has 0 bridgehead atoms. The average Bonchev–Trinajstić information content (AvgIpc) is 2.61. The summed E-state index contributed by atoms with van der Waals surface area (Å²) in [5.41, 5.74) is 1.32. The minimum Gasteiger partial charge on any atom is -0.406 e. The van der Waals surface area contributed by atoms with Crippen molar-refractivity contribution in [2.24, 2.45) is 0 Å². The Labute approximate surface area is 98.1 Å². The number of nitrogens with one attached hydrogen (secondary N) is 1. The summed E-state index contributed by atoms with van der Waals surface area (Å²) in [6.45, 7) is 5.73. The van der Waals surface area contributed by atoms with Crippen molar-refractivity contribution >= 4 is 10.9 Å². The lowest BCUT2D eigenvalue weighted by Gasteiger charge is -2.08. The van der Waals surface area contributed by atoms with Crippen LogP contribution in [0.1, 0.15) is 21.0 Å². The van der Waals surface area contributed by atoms with E-state index in [2.05, 4.69) is 14.9 Å². The average molecular weight is 248 g/mol. The summed E-state index contributed by atoms with van der Waals surface area (Å²) in [5.74, 6) is -0.237. The van der Waals surface area contributed by atoms with Crippen molar-refractivity contribution in [3.8, 4) is 5.75 Å². The number of ether oxygens (including phenoxy) is 1. The van der Waals surface area contributed by atoms with Crippen LogP contribution in [0.25, 0.3) is 10.9 Å².